The Labute approximate surface area is 108 Å². The standard InChI is InChI=1S/C14H20N2O2/c1-2-9-16-10-5-7-12(16)14(18)15-11-6-3-4-8-13(11)17/h3-4,6,8,12,17H,2,5,7,9-10H2,1H3,(H,15,18)/t12-/m1/s1. The fourth-order valence-electron chi connectivity index (χ4n) is 2.47. The molecule has 2 rings (SSSR count). The molecule has 0 saturated carbocycles. The third-order valence-corrected chi connectivity index (χ3v) is 3.34. The number of phenols is 1. The Hall–Kier alpha value is -1.55. The maximum absolute atomic E-state index is 12.2. The number of amides is 1. The maximum Gasteiger partial charge on any atom is 0.241 e. The fourth-order valence-corrected chi connectivity index (χ4v) is 2.47. The van der Waals surface area contributed by atoms with E-state index in [1.165, 1.54) is 0 Å². The van der Waals surface area contributed by atoms with E-state index in [9.17, 15) is 9.90 Å². The van der Waals surface area contributed by atoms with Crippen LogP contribution >= 0.6 is 0 Å². The third kappa shape index (κ3) is 2.82. The monoisotopic (exact) mass is 248 g/mol. The Morgan fingerprint density at radius 2 is 2.28 bits per heavy atom. The van der Waals surface area contributed by atoms with Crippen molar-refractivity contribution in [3.05, 3.63) is 24.3 Å². The first-order valence-electron chi connectivity index (χ1n) is 6.55. The average molecular weight is 248 g/mol. The molecule has 98 valence electrons. The first-order chi connectivity index (χ1) is 8.72. The fraction of sp³-hybridized carbons (Fsp3) is 0.500. The highest BCUT2D eigenvalue weighted by atomic mass is 16.3. The number of para-hydroxylation sites is 2. The molecule has 1 aromatic rings. The summed E-state index contributed by atoms with van der Waals surface area (Å²) >= 11 is 0. The van der Waals surface area contributed by atoms with Gasteiger partial charge in [0.2, 0.25) is 5.91 Å². The lowest BCUT2D eigenvalue weighted by Crippen LogP contribution is -2.39. The van der Waals surface area contributed by atoms with Crippen molar-refractivity contribution in [2.75, 3.05) is 18.4 Å². The van der Waals surface area contributed by atoms with Gasteiger partial charge in [-0.15, -0.1) is 0 Å². The van der Waals surface area contributed by atoms with Crippen molar-refractivity contribution in [2.45, 2.75) is 32.2 Å². The second kappa shape index (κ2) is 5.87. The molecule has 2 N–H and O–H groups in total. The van der Waals surface area contributed by atoms with Crippen molar-refractivity contribution in [1.82, 2.24) is 4.90 Å². The van der Waals surface area contributed by atoms with Gasteiger partial charge in [-0.2, -0.15) is 0 Å². The molecule has 0 aliphatic carbocycles. The number of nitrogens with one attached hydrogen (secondary N) is 1. The van der Waals surface area contributed by atoms with Gasteiger partial charge in [-0.05, 0) is 44.5 Å². The van der Waals surface area contributed by atoms with E-state index in [2.05, 4.69) is 17.1 Å². The lowest BCUT2D eigenvalue weighted by atomic mass is 10.2. The minimum atomic E-state index is -0.0513. The van der Waals surface area contributed by atoms with Gasteiger partial charge in [-0.3, -0.25) is 9.69 Å². The normalized spacial score (nSPS) is 19.9. The van der Waals surface area contributed by atoms with Crippen molar-refractivity contribution < 1.29 is 9.90 Å². The van der Waals surface area contributed by atoms with E-state index in [0.29, 0.717) is 5.69 Å². The highest BCUT2D eigenvalue weighted by Gasteiger charge is 2.30. The molecular formula is C14H20N2O2. The molecule has 4 heteroatoms. The molecular weight excluding hydrogens is 228 g/mol. The SMILES string of the molecule is CCCN1CCC[C@@H]1C(=O)Nc1ccccc1O. The number of hydrogen-bond acceptors (Lipinski definition) is 3. The van der Waals surface area contributed by atoms with Crippen molar-refractivity contribution in [3.63, 3.8) is 0 Å². The molecule has 1 fully saturated rings. The molecule has 4 nitrogen and oxygen atoms in total. The van der Waals surface area contributed by atoms with Crippen LogP contribution in [0.3, 0.4) is 0 Å². The predicted molar refractivity (Wildman–Crippen MR) is 71.6 cm³/mol. The molecule has 0 aromatic heterocycles. The summed E-state index contributed by atoms with van der Waals surface area (Å²) < 4.78 is 0. The third-order valence-electron chi connectivity index (χ3n) is 3.34. The van der Waals surface area contributed by atoms with E-state index in [1.54, 1.807) is 24.3 Å². The van der Waals surface area contributed by atoms with Gasteiger partial charge in [0.05, 0.1) is 11.7 Å². The van der Waals surface area contributed by atoms with Crippen LogP contribution in [0.1, 0.15) is 26.2 Å². The zero-order valence-corrected chi connectivity index (χ0v) is 10.7. The summed E-state index contributed by atoms with van der Waals surface area (Å²) in [6.07, 6.45) is 3.03. The molecule has 1 saturated heterocycles. The zero-order chi connectivity index (χ0) is 13.0. The van der Waals surface area contributed by atoms with Crippen molar-refractivity contribution in [1.29, 1.82) is 0 Å². The quantitative estimate of drug-likeness (QED) is 0.803. The Bertz CT molecular complexity index is 420. The number of likely N-dealkylation sites (tertiary alicyclic amines) is 1. The molecule has 1 aromatic carbocycles. The predicted octanol–water partition coefficient (Wildman–Crippen LogP) is 2.21. The lowest BCUT2D eigenvalue weighted by Gasteiger charge is -2.23. The number of benzene rings is 1. The topological polar surface area (TPSA) is 52.6 Å². The van der Waals surface area contributed by atoms with Crippen molar-refractivity contribution in [2.24, 2.45) is 0 Å². The van der Waals surface area contributed by atoms with E-state index < -0.39 is 0 Å². The van der Waals surface area contributed by atoms with E-state index in [0.717, 1.165) is 32.4 Å². The summed E-state index contributed by atoms with van der Waals surface area (Å²) in [5.41, 5.74) is 0.492. The number of rotatable bonds is 4. The van der Waals surface area contributed by atoms with Crippen LogP contribution in [0.15, 0.2) is 24.3 Å². The largest absolute Gasteiger partial charge is 0.506 e. The van der Waals surface area contributed by atoms with Gasteiger partial charge < -0.3 is 10.4 Å². The number of hydrogen-bond donors (Lipinski definition) is 2. The smallest absolute Gasteiger partial charge is 0.241 e. The Kier molecular flexibility index (Phi) is 4.20. The van der Waals surface area contributed by atoms with E-state index >= 15 is 0 Å². The first-order valence-corrected chi connectivity index (χ1v) is 6.55. The lowest BCUT2D eigenvalue weighted by molar-refractivity contribution is -0.120. The molecule has 1 amide bonds. The molecule has 0 unspecified atom stereocenters. The highest BCUT2D eigenvalue weighted by Crippen LogP contribution is 2.24. The van der Waals surface area contributed by atoms with Crippen molar-refractivity contribution >= 4 is 11.6 Å². The number of carbonyl (C=O) groups is 1. The van der Waals surface area contributed by atoms with Crippen LogP contribution in [-0.4, -0.2) is 35.0 Å². The van der Waals surface area contributed by atoms with Gasteiger partial charge in [0.1, 0.15) is 5.75 Å². The Morgan fingerprint density at radius 3 is 3.00 bits per heavy atom. The van der Waals surface area contributed by atoms with Gasteiger partial charge >= 0.3 is 0 Å². The Balaban J connectivity index is 2.01. The van der Waals surface area contributed by atoms with Crippen LogP contribution in [0, 0.1) is 0 Å². The van der Waals surface area contributed by atoms with Gasteiger partial charge in [-0.25, -0.2) is 0 Å². The molecule has 1 aliphatic rings. The second-order valence-electron chi connectivity index (χ2n) is 4.70. The van der Waals surface area contributed by atoms with Crippen LogP contribution in [0.25, 0.3) is 0 Å². The number of carbonyl (C=O) groups excluding carboxylic acids is 1. The van der Waals surface area contributed by atoms with Crippen molar-refractivity contribution in [3.8, 4) is 5.75 Å². The summed E-state index contributed by atoms with van der Waals surface area (Å²) in [7, 11) is 0. The van der Waals surface area contributed by atoms with Gasteiger partial charge in [0.15, 0.2) is 0 Å². The summed E-state index contributed by atoms with van der Waals surface area (Å²) in [5, 5.41) is 12.5. The van der Waals surface area contributed by atoms with E-state index in [-0.39, 0.29) is 17.7 Å². The maximum atomic E-state index is 12.2. The summed E-state index contributed by atoms with van der Waals surface area (Å²) in [6, 6.07) is 6.78. The van der Waals surface area contributed by atoms with Crippen LogP contribution < -0.4 is 5.32 Å². The molecule has 0 radical (unpaired) electrons. The molecule has 1 aliphatic heterocycles. The summed E-state index contributed by atoms with van der Waals surface area (Å²) in [5.74, 6) is 0.105. The number of nitrogens with zero attached hydrogens (tertiary/aromatic N) is 1. The minimum Gasteiger partial charge on any atom is -0.506 e. The zero-order valence-electron chi connectivity index (χ0n) is 10.7. The van der Waals surface area contributed by atoms with Crippen LogP contribution in [0.2, 0.25) is 0 Å². The molecule has 1 heterocycles. The Morgan fingerprint density at radius 1 is 1.50 bits per heavy atom. The first kappa shape index (κ1) is 12.9. The number of phenolic OH excluding ortho intramolecular Hbond substituents is 1. The minimum absolute atomic E-state index is 0.0116. The number of aromatic hydroxyl groups is 1. The highest BCUT2D eigenvalue weighted by molar-refractivity contribution is 5.96. The van der Waals surface area contributed by atoms with Gasteiger partial charge in [0.25, 0.3) is 0 Å². The van der Waals surface area contributed by atoms with Gasteiger partial charge in [-0.1, -0.05) is 19.1 Å². The molecule has 0 spiro atoms. The summed E-state index contributed by atoms with van der Waals surface area (Å²) in [6.45, 7) is 4.07. The average Bonchev–Trinajstić information content (AvgIpc) is 2.81. The van der Waals surface area contributed by atoms with Crippen LogP contribution in [-0.2, 0) is 4.79 Å². The summed E-state index contributed by atoms with van der Waals surface area (Å²) in [4.78, 5) is 14.4. The second-order valence-corrected chi connectivity index (χ2v) is 4.70. The van der Waals surface area contributed by atoms with Crippen LogP contribution in [0.4, 0.5) is 5.69 Å². The molecule has 1 atom stereocenters. The van der Waals surface area contributed by atoms with Gasteiger partial charge in [0, 0.05) is 0 Å². The van der Waals surface area contributed by atoms with E-state index in [1.807, 2.05) is 0 Å². The number of anilines is 1. The van der Waals surface area contributed by atoms with Crippen LogP contribution in [0.5, 0.6) is 5.75 Å². The molecule has 0 bridgehead atoms. The van der Waals surface area contributed by atoms with E-state index in [4.69, 9.17) is 0 Å². The molecule has 18 heavy (non-hydrogen) atoms.